The molecule has 1 heterocycles. The van der Waals surface area contributed by atoms with Crippen LogP contribution < -0.4 is 0 Å². The lowest BCUT2D eigenvalue weighted by Gasteiger charge is -1.93. The molecule has 0 fully saturated rings. The highest BCUT2D eigenvalue weighted by atomic mass is 16.6. The van der Waals surface area contributed by atoms with Crippen LogP contribution in [-0.4, -0.2) is 21.6 Å². The van der Waals surface area contributed by atoms with E-state index in [0.29, 0.717) is 0 Å². The normalized spacial score (nSPS) is 11.3. The Morgan fingerprint density at radius 2 is 2.31 bits per heavy atom. The Morgan fingerprint density at radius 3 is 3.00 bits per heavy atom. The quantitative estimate of drug-likeness (QED) is 0.611. The lowest BCUT2D eigenvalue weighted by molar-refractivity contribution is -0.384. The number of nitro benzene ring substituents is 1. The van der Waals surface area contributed by atoms with Crippen LogP contribution in [0.2, 0.25) is 0 Å². The number of non-ortho nitro benzene ring substituents is 1. The van der Waals surface area contributed by atoms with Crippen LogP contribution in [0.3, 0.4) is 0 Å². The largest absolute Gasteiger partial charge is 0.392 e. The van der Waals surface area contributed by atoms with Gasteiger partial charge in [-0.15, -0.1) is 0 Å². The third kappa shape index (κ3) is 1.80. The number of aromatic nitrogens is 1. The average molecular weight is 218 g/mol. The molecule has 0 radical (unpaired) electrons. The second-order valence-electron chi connectivity index (χ2n) is 3.32. The number of nitrogens with zero attached hydrogens (tertiary/aromatic N) is 1. The summed E-state index contributed by atoms with van der Waals surface area (Å²) in [5, 5.41) is 20.1. The topological polar surface area (TPSA) is 79.2 Å². The molecule has 1 aromatic carbocycles. The molecule has 0 aliphatic carbocycles. The van der Waals surface area contributed by atoms with Gasteiger partial charge in [0.05, 0.1) is 11.5 Å². The summed E-state index contributed by atoms with van der Waals surface area (Å²) >= 11 is 0. The van der Waals surface area contributed by atoms with Gasteiger partial charge in [0.1, 0.15) is 0 Å². The van der Waals surface area contributed by atoms with Crippen LogP contribution in [0.1, 0.15) is 5.56 Å². The number of aromatic amines is 1. The van der Waals surface area contributed by atoms with Crippen LogP contribution in [0.25, 0.3) is 17.0 Å². The Kier molecular flexibility index (Phi) is 2.70. The first kappa shape index (κ1) is 10.4. The average Bonchev–Trinajstić information content (AvgIpc) is 2.68. The highest BCUT2D eigenvalue weighted by Gasteiger charge is 2.08. The van der Waals surface area contributed by atoms with Crippen LogP contribution in [0, 0.1) is 10.1 Å². The fourth-order valence-corrected chi connectivity index (χ4v) is 1.56. The second kappa shape index (κ2) is 4.16. The first-order chi connectivity index (χ1) is 7.72. The SMILES string of the molecule is O=[N+]([O-])c1ccc2[nH]cc(C=CCO)c2c1. The van der Waals surface area contributed by atoms with Crippen molar-refractivity contribution >= 4 is 22.7 Å². The number of H-pyrrole nitrogens is 1. The van der Waals surface area contributed by atoms with Crippen molar-refractivity contribution in [1.29, 1.82) is 0 Å². The standard InChI is InChI=1S/C11H10N2O3/c14-5-1-2-8-7-12-11-4-3-9(13(15)16)6-10(8)11/h1-4,6-7,12,14H,5H2. The van der Waals surface area contributed by atoms with Crippen LogP contribution in [0.5, 0.6) is 0 Å². The predicted molar refractivity (Wildman–Crippen MR) is 61.1 cm³/mol. The molecule has 2 N–H and O–H groups in total. The zero-order chi connectivity index (χ0) is 11.5. The summed E-state index contributed by atoms with van der Waals surface area (Å²) in [6.07, 6.45) is 5.06. The third-order valence-electron chi connectivity index (χ3n) is 2.31. The molecule has 0 unspecified atom stereocenters. The smallest absolute Gasteiger partial charge is 0.270 e. The molecule has 0 atom stereocenters. The van der Waals surface area contributed by atoms with E-state index in [1.165, 1.54) is 12.1 Å². The summed E-state index contributed by atoms with van der Waals surface area (Å²) in [4.78, 5) is 13.2. The van der Waals surface area contributed by atoms with Crippen LogP contribution >= 0.6 is 0 Å². The minimum atomic E-state index is -0.425. The number of nitro groups is 1. The summed E-state index contributed by atoms with van der Waals surface area (Å²) in [6.45, 7) is -0.0540. The van der Waals surface area contributed by atoms with Crippen LogP contribution in [-0.2, 0) is 0 Å². The molecule has 0 spiro atoms. The number of rotatable bonds is 3. The molecule has 1 aromatic heterocycles. The summed E-state index contributed by atoms with van der Waals surface area (Å²) in [5.41, 5.74) is 1.72. The molecule has 5 nitrogen and oxygen atoms in total. The molecule has 0 saturated heterocycles. The maximum Gasteiger partial charge on any atom is 0.270 e. The molecule has 0 aliphatic heterocycles. The number of hydrogen-bond donors (Lipinski definition) is 2. The van der Waals surface area contributed by atoms with Gasteiger partial charge in [-0.3, -0.25) is 10.1 Å². The molecule has 0 bridgehead atoms. The van der Waals surface area contributed by atoms with E-state index in [2.05, 4.69) is 4.98 Å². The van der Waals surface area contributed by atoms with Crippen molar-refractivity contribution < 1.29 is 10.0 Å². The molecule has 82 valence electrons. The number of aliphatic hydroxyl groups is 1. The third-order valence-corrected chi connectivity index (χ3v) is 2.31. The van der Waals surface area contributed by atoms with E-state index in [0.717, 1.165) is 16.5 Å². The molecule has 16 heavy (non-hydrogen) atoms. The van der Waals surface area contributed by atoms with Crippen molar-refractivity contribution in [2.45, 2.75) is 0 Å². The van der Waals surface area contributed by atoms with E-state index in [-0.39, 0.29) is 12.3 Å². The Balaban J connectivity index is 2.55. The van der Waals surface area contributed by atoms with Crippen molar-refractivity contribution in [1.82, 2.24) is 4.98 Å². The minimum absolute atomic E-state index is 0.0540. The van der Waals surface area contributed by atoms with Crippen molar-refractivity contribution in [2.75, 3.05) is 6.61 Å². The van der Waals surface area contributed by atoms with Gasteiger partial charge in [-0.1, -0.05) is 12.2 Å². The molecule has 5 heteroatoms. The van der Waals surface area contributed by atoms with Gasteiger partial charge in [0.2, 0.25) is 0 Å². The minimum Gasteiger partial charge on any atom is -0.392 e. The highest BCUT2D eigenvalue weighted by molar-refractivity contribution is 5.90. The monoisotopic (exact) mass is 218 g/mol. The Bertz CT molecular complexity index is 557. The van der Waals surface area contributed by atoms with Gasteiger partial charge in [-0.25, -0.2) is 0 Å². The van der Waals surface area contributed by atoms with Crippen LogP contribution in [0.4, 0.5) is 5.69 Å². The van der Waals surface area contributed by atoms with Crippen molar-refractivity contribution in [3.63, 3.8) is 0 Å². The molecule has 0 aliphatic rings. The summed E-state index contributed by atoms with van der Waals surface area (Å²) < 4.78 is 0. The van der Waals surface area contributed by atoms with Gasteiger partial charge < -0.3 is 10.1 Å². The van der Waals surface area contributed by atoms with Crippen molar-refractivity contribution in [3.05, 3.63) is 46.1 Å². The van der Waals surface area contributed by atoms with Gasteiger partial charge >= 0.3 is 0 Å². The second-order valence-corrected chi connectivity index (χ2v) is 3.32. The molecular formula is C11H10N2O3. The van der Waals surface area contributed by atoms with Gasteiger partial charge in [0, 0.05) is 29.2 Å². The maximum absolute atomic E-state index is 10.6. The Morgan fingerprint density at radius 1 is 1.50 bits per heavy atom. The van der Waals surface area contributed by atoms with Gasteiger partial charge in [0.25, 0.3) is 5.69 Å². The fourth-order valence-electron chi connectivity index (χ4n) is 1.56. The number of nitrogens with one attached hydrogen (secondary N) is 1. The van der Waals surface area contributed by atoms with Gasteiger partial charge in [0.15, 0.2) is 0 Å². The lowest BCUT2D eigenvalue weighted by Crippen LogP contribution is -1.86. The zero-order valence-corrected chi connectivity index (χ0v) is 8.38. The van der Waals surface area contributed by atoms with E-state index in [4.69, 9.17) is 5.11 Å². The number of benzene rings is 1. The summed E-state index contributed by atoms with van der Waals surface area (Å²) in [6, 6.07) is 4.64. The first-order valence-electron chi connectivity index (χ1n) is 4.75. The van der Waals surface area contributed by atoms with E-state index in [1.54, 1.807) is 24.4 Å². The van der Waals surface area contributed by atoms with E-state index < -0.39 is 4.92 Å². The fraction of sp³-hybridized carbons (Fsp3) is 0.0909. The van der Waals surface area contributed by atoms with E-state index in [1.807, 2.05) is 0 Å². The predicted octanol–water partition coefficient (Wildman–Crippen LogP) is 2.08. The molecule has 0 saturated carbocycles. The highest BCUT2D eigenvalue weighted by Crippen LogP contribution is 2.24. The molecule has 2 aromatic rings. The number of fused-ring (bicyclic) bond motifs is 1. The number of aliphatic hydroxyl groups excluding tert-OH is 1. The molecular weight excluding hydrogens is 208 g/mol. The van der Waals surface area contributed by atoms with Crippen LogP contribution in [0.15, 0.2) is 30.5 Å². The van der Waals surface area contributed by atoms with E-state index >= 15 is 0 Å². The van der Waals surface area contributed by atoms with Gasteiger partial charge in [-0.05, 0) is 11.6 Å². The van der Waals surface area contributed by atoms with Crippen molar-refractivity contribution in [2.24, 2.45) is 0 Å². The van der Waals surface area contributed by atoms with Crippen molar-refractivity contribution in [3.8, 4) is 0 Å². The first-order valence-corrected chi connectivity index (χ1v) is 4.75. The number of hydrogen-bond acceptors (Lipinski definition) is 3. The summed E-state index contributed by atoms with van der Waals surface area (Å²) in [7, 11) is 0. The molecule has 0 amide bonds. The maximum atomic E-state index is 10.6. The Hall–Kier alpha value is -2.14. The molecule has 2 rings (SSSR count). The summed E-state index contributed by atoms with van der Waals surface area (Å²) in [5.74, 6) is 0. The Labute approximate surface area is 91.2 Å². The van der Waals surface area contributed by atoms with Gasteiger partial charge in [-0.2, -0.15) is 0 Å². The zero-order valence-electron chi connectivity index (χ0n) is 8.38. The van der Waals surface area contributed by atoms with E-state index in [9.17, 15) is 10.1 Å². The lowest BCUT2D eigenvalue weighted by atomic mass is 10.1.